The van der Waals surface area contributed by atoms with E-state index >= 15 is 0 Å². The van der Waals surface area contributed by atoms with Crippen LogP contribution < -0.4 is 5.32 Å². The van der Waals surface area contributed by atoms with Crippen molar-refractivity contribution in [2.75, 3.05) is 19.7 Å². The van der Waals surface area contributed by atoms with Crippen molar-refractivity contribution in [2.24, 2.45) is 5.11 Å². The van der Waals surface area contributed by atoms with Crippen LogP contribution in [0.1, 0.15) is 42.9 Å². The van der Waals surface area contributed by atoms with Gasteiger partial charge in [0.2, 0.25) is 0 Å². The summed E-state index contributed by atoms with van der Waals surface area (Å²) in [4.78, 5) is 14.8. The molecule has 2 rings (SSSR count). The van der Waals surface area contributed by atoms with Gasteiger partial charge in [-0.2, -0.15) is 0 Å². The van der Waals surface area contributed by atoms with Crippen molar-refractivity contribution in [3.8, 4) is 0 Å². The van der Waals surface area contributed by atoms with Crippen LogP contribution in [0.4, 0.5) is 0 Å². The third kappa shape index (κ3) is 4.48. The Morgan fingerprint density at radius 1 is 1.57 bits per heavy atom. The third-order valence-corrected chi connectivity index (χ3v) is 3.44. The maximum Gasteiger partial charge on any atom is 0.327 e. The van der Waals surface area contributed by atoms with E-state index in [2.05, 4.69) is 27.5 Å². The molecule has 1 aromatic carbocycles. The van der Waals surface area contributed by atoms with E-state index in [9.17, 15) is 4.79 Å². The number of benzene rings is 1. The molecule has 0 amide bonds. The fraction of sp³-hybridized carbons (Fsp3) is 0.533. The van der Waals surface area contributed by atoms with Crippen molar-refractivity contribution in [3.63, 3.8) is 0 Å². The predicted molar refractivity (Wildman–Crippen MR) is 79.8 cm³/mol. The number of esters is 1. The van der Waals surface area contributed by atoms with Crippen LogP contribution >= 0.6 is 0 Å². The van der Waals surface area contributed by atoms with Crippen molar-refractivity contribution >= 4 is 5.97 Å². The highest BCUT2D eigenvalue weighted by Gasteiger charge is 2.26. The smallest absolute Gasteiger partial charge is 0.327 e. The van der Waals surface area contributed by atoms with E-state index in [1.807, 2.05) is 12.1 Å². The minimum absolute atomic E-state index is 0.300. The molecule has 0 aromatic heterocycles. The summed E-state index contributed by atoms with van der Waals surface area (Å²) in [6.45, 7) is 2.86. The maximum atomic E-state index is 12.1. The number of nitrogens with zero attached hydrogens (tertiary/aromatic N) is 3. The highest BCUT2D eigenvalue weighted by Crippen LogP contribution is 2.40. The average molecular weight is 288 g/mol. The molecule has 21 heavy (non-hydrogen) atoms. The van der Waals surface area contributed by atoms with Gasteiger partial charge in [0.1, 0.15) is 6.04 Å². The van der Waals surface area contributed by atoms with E-state index in [1.54, 1.807) is 6.92 Å². The molecule has 6 heteroatoms. The highest BCUT2D eigenvalue weighted by molar-refractivity contribution is 5.77. The zero-order chi connectivity index (χ0) is 15.1. The van der Waals surface area contributed by atoms with E-state index < -0.39 is 6.04 Å². The fourth-order valence-corrected chi connectivity index (χ4v) is 2.28. The SMILES string of the molecule is CCOC(=O)C(NCCN=[N+]=[N-])c1cccc(C2CC2)c1. The lowest BCUT2D eigenvalue weighted by atomic mass is 10.0. The second kappa shape index (κ2) is 7.67. The van der Waals surface area contributed by atoms with E-state index in [0.29, 0.717) is 25.6 Å². The fourth-order valence-electron chi connectivity index (χ4n) is 2.28. The largest absolute Gasteiger partial charge is 0.465 e. The van der Waals surface area contributed by atoms with Crippen molar-refractivity contribution in [1.29, 1.82) is 0 Å². The zero-order valence-electron chi connectivity index (χ0n) is 12.2. The van der Waals surface area contributed by atoms with Gasteiger partial charge in [-0.15, -0.1) is 0 Å². The van der Waals surface area contributed by atoms with Crippen LogP contribution in [0.15, 0.2) is 29.4 Å². The Balaban J connectivity index is 2.10. The van der Waals surface area contributed by atoms with Gasteiger partial charge in [-0.25, -0.2) is 4.79 Å². The molecule has 1 unspecified atom stereocenters. The number of nitrogens with one attached hydrogen (secondary N) is 1. The van der Waals surface area contributed by atoms with Gasteiger partial charge in [0.15, 0.2) is 0 Å². The van der Waals surface area contributed by atoms with E-state index in [0.717, 1.165) is 5.56 Å². The van der Waals surface area contributed by atoms with Gasteiger partial charge in [0, 0.05) is 18.0 Å². The molecule has 1 aliphatic rings. The molecule has 0 bridgehead atoms. The van der Waals surface area contributed by atoms with Crippen LogP contribution in [0.3, 0.4) is 0 Å². The quantitative estimate of drug-likeness (QED) is 0.262. The van der Waals surface area contributed by atoms with Crippen molar-refractivity contribution < 1.29 is 9.53 Å². The molecular weight excluding hydrogens is 268 g/mol. The van der Waals surface area contributed by atoms with Crippen molar-refractivity contribution in [1.82, 2.24) is 5.32 Å². The standard InChI is InChI=1S/C15H20N4O2/c1-2-21-15(20)14(17-8-9-18-19-16)13-5-3-4-12(10-13)11-6-7-11/h3-5,10-11,14,17H,2,6-9H2,1H3. The van der Waals surface area contributed by atoms with Crippen LogP contribution in [-0.2, 0) is 9.53 Å². The Hall–Kier alpha value is -2.04. The predicted octanol–water partition coefficient (Wildman–Crippen LogP) is 3.07. The number of azide groups is 1. The van der Waals surface area contributed by atoms with Crippen LogP contribution in [0.25, 0.3) is 10.4 Å². The topological polar surface area (TPSA) is 87.1 Å². The van der Waals surface area contributed by atoms with Gasteiger partial charge < -0.3 is 10.1 Å². The molecule has 1 fully saturated rings. The van der Waals surface area contributed by atoms with E-state index in [4.69, 9.17) is 10.3 Å². The Morgan fingerprint density at radius 2 is 2.38 bits per heavy atom. The average Bonchev–Trinajstić information content (AvgIpc) is 3.32. The molecule has 1 N–H and O–H groups in total. The monoisotopic (exact) mass is 288 g/mol. The van der Waals surface area contributed by atoms with E-state index in [-0.39, 0.29) is 5.97 Å². The summed E-state index contributed by atoms with van der Waals surface area (Å²) in [6.07, 6.45) is 2.44. The molecule has 0 heterocycles. The second-order valence-electron chi connectivity index (χ2n) is 5.04. The Labute approximate surface area is 124 Å². The van der Waals surface area contributed by atoms with Gasteiger partial charge in [-0.05, 0) is 42.3 Å². The lowest BCUT2D eigenvalue weighted by molar-refractivity contribution is -0.145. The number of carbonyl (C=O) groups is 1. The second-order valence-corrected chi connectivity index (χ2v) is 5.04. The first-order chi connectivity index (χ1) is 10.3. The molecule has 6 nitrogen and oxygen atoms in total. The Morgan fingerprint density at radius 3 is 3.05 bits per heavy atom. The summed E-state index contributed by atoms with van der Waals surface area (Å²) in [5.74, 6) is 0.336. The molecule has 1 aromatic rings. The van der Waals surface area contributed by atoms with Crippen molar-refractivity contribution in [3.05, 3.63) is 45.8 Å². The highest BCUT2D eigenvalue weighted by atomic mass is 16.5. The summed E-state index contributed by atoms with van der Waals surface area (Å²) in [5, 5.41) is 6.57. The number of carbonyl (C=O) groups excluding carboxylic acids is 1. The Bertz CT molecular complexity index is 536. The van der Waals surface area contributed by atoms with E-state index in [1.165, 1.54) is 18.4 Å². The first-order valence-corrected chi connectivity index (χ1v) is 7.27. The number of hydrogen-bond donors (Lipinski definition) is 1. The summed E-state index contributed by atoms with van der Waals surface area (Å²) in [7, 11) is 0. The molecular formula is C15H20N4O2. The minimum Gasteiger partial charge on any atom is -0.465 e. The summed E-state index contributed by atoms with van der Waals surface area (Å²) >= 11 is 0. The van der Waals surface area contributed by atoms with Gasteiger partial charge in [0.25, 0.3) is 0 Å². The van der Waals surface area contributed by atoms with Gasteiger partial charge in [-0.3, -0.25) is 0 Å². The summed E-state index contributed by atoms with van der Waals surface area (Å²) < 4.78 is 5.13. The lowest BCUT2D eigenvalue weighted by Crippen LogP contribution is -2.32. The maximum absolute atomic E-state index is 12.1. The third-order valence-electron chi connectivity index (χ3n) is 3.44. The number of rotatable bonds is 8. The first-order valence-electron chi connectivity index (χ1n) is 7.27. The molecule has 0 radical (unpaired) electrons. The molecule has 0 saturated heterocycles. The normalized spacial score (nSPS) is 15.1. The molecule has 1 aliphatic carbocycles. The Kier molecular flexibility index (Phi) is 5.60. The summed E-state index contributed by atoms with van der Waals surface area (Å²) in [6, 6.07) is 7.55. The van der Waals surface area contributed by atoms with Gasteiger partial charge >= 0.3 is 5.97 Å². The molecule has 112 valence electrons. The molecule has 0 aliphatic heterocycles. The molecule has 0 spiro atoms. The van der Waals surface area contributed by atoms with Crippen LogP contribution in [0.5, 0.6) is 0 Å². The molecule has 1 saturated carbocycles. The van der Waals surface area contributed by atoms with Crippen LogP contribution in [-0.4, -0.2) is 25.7 Å². The van der Waals surface area contributed by atoms with Gasteiger partial charge in [0.05, 0.1) is 6.61 Å². The lowest BCUT2D eigenvalue weighted by Gasteiger charge is -2.18. The van der Waals surface area contributed by atoms with Crippen molar-refractivity contribution in [2.45, 2.75) is 31.7 Å². The number of ether oxygens (including phenoxy) is 1. The van der Waals surface area contributed by atoms with Gasteiger partial charge in [-0.1, -0.05) is 29.4 Å². The van der Waals surface area contributed by atoms with Crippen LogP contribution in [0, 0.1) is 0 Å². The zero-order valence-corrected chi connectivity index (χ0v) is 12.2. The van der Waals surface area contributed by atoms with Crippen LogP contribution in [0.2, 0.25) is 0 Å². The molecule has 1 atom stereocenters. The first kappa shape index (κ1) is 15.4. The summed E-state index contributed by atoms with van der Waals surface area (Å²) in [5.41, 5.74) is 10.5. The minimum atomic E-state index is -0.516. The number of hydrogen-bond acceptors (Lipinski definition) is 4.